The molecule has 0 aliphatic carbocycles. The van der Waals surface area contributed by atoms with E-state index in [1.54, 1.807) is 24.3 Å². The quantitative estimate of drug-likeness (QED) is 0.917. The standard InChI is InChI=1S/C15H14F2O2/c1-19-15(10-5-3-2-4-6-10)14(18)12-8-7-11(16)9-13(12)17/h2-9,14-15,18H,1H3. The number of methoxy groups -OCH3 is 1. The van der Waals surface area contributed by atoms with Crippen LogP contribution in [0.3, 0.4) is 0 Å². The Morgan fingerprint density at radius 1 is 1.05 bits per heavy atom. The number of benzene rings is 2. The average Bonchev–Trinajstić information content (AvgIpc) is 2.40. The van der Waals surface area contributed by atoms with Gasteiger partial charge in [0.2, 0.25) is 0 Å². The number of halogens is 2. The molecule has 4 heteroatoms. The van der Waals surface area contributed by atoms with Gasteiger partial charge >= 0.3 is 0 Å². The van der Waals surface area contributed by atoms with E-state index < -0.39 is 23.8 Å². The van der Waals surface area contributed by atoms with Gasteiger partial charge in [0.15, 0.2) is 0 Å². The molecule has 2 aromatic rings. The van der Waals surface area contributed by atoms with Gasteiger partial charge in [0.25, 0.3) is 0 Å². The summed E-state index contributed by atoms with van der Waals surface area (Å²) < 4.78 is 31.7. The lowest BCUT2D eigenvalue weighted by Gasteiger charge is -2.22. The van der Waals surface area contributed by atoms with E-state index in [-0.39, 0.29) is 5.56 Å². The third-order valence-corrected chi connectivity index (χ3v) is 2.95. The van der Waals surface area contributed by atoms with Crippen LogP contribution in [-0.4, -0.2) is 12.2 Å². The molecule has 0 radical (unpaired) electrons. The average molecular weight is 264 g/mol. The van der Waals surface area contributed by atoms with Crippen LogP contribution in [-0.2, 0) is 4.74 Å². The van der Waals surface area contributed by atoms with Crippen LogP contribution in [0, 0.1) is 11.6 Å². The van der Waals surface area contributed by atoms with E-state index in [1.165, 1.54) is 13.2 Å². The molecule has 0 aromatic heterocycles. The van der Waals surface area contributed by atoms with Crippen LogP contribution in [0.15, 0.2) is 48.5 Å². The van der Waals surface area contributed by atoms with Crippen LogP contribution in [0.4, 0.5) is 8.78 Å². The summed E-state index contributed by atoms with van der Waals surface area (Å²) in [5, 5.41) is 10.2. The molecule has 0 fully saturated rings. The lowest BCUT2D eigenvalue weighted by Crippen LogP contribution is -2.14. The molecule has 0 spiro atoms. The van der Waals surface area contributed by atoms with Crippen molar-refractivity contribution in [2.24, 2.45) is 0 Å². The molecule has 0 amide bonds. The number of aliphatic hydroxyl groups excluding tert-OH is 1. The molecular weight excluding hydrogens is 250 g/mol. The lowest BCUT2D eigenvalue weighted by molar-refractivity contribution is -0.0166. The number of ether oxygens (including phenoxy) is 1. The van der Waals surface area contributed by atoms with Crippen LogP contribution in [0.25, 0.3) is 0 Å². The van der Waals surface area contributed by atoms with Crippen LogP contribution < -0.4 is 0 Å². The minimum Gasteiger partial charge on any atom is -0.385 e. The monoisotopic (exact) mass is 264 g/mol. The van der Waals surface area contributed by atoms with E-state index in [4.69, 9.17) is 4.74 Å². The third-order valence-electron chi connectivity index (χ3n) is 2.95. The van der Waals surface area contributed by atoms with Gasteiger partial charge in [0, 0.05) is 18.7 Å². The maximum Gasteiger partial charge on any atom is 0.132 e. The van der Waals surface area contributed by atoms with Gasteiger partial charge in [-0.1, -0.05) is 36.4 Å². The largest absolute Gasteiger partial charge is 0.385 e. The van der Waals surface area contributed by atoms with Gasteiger partial charge in [-0.25, -0.2) is 8.78 Å². The summed E-state index contributed by atoms with van der Waals surface area (Å²) in [6.45, 7) is 0. The van der Waals surface area contributed by atoms with Gasteiger partial charge in [0.05, 0.1) is 0 Å². The molecule has 0 bridgehead atoms. The Hall–Kier alpha value is -1.78. The predicted molar refractivity (Wildman–Crippen MR) is 67.5 cm³/mol. The number of hydrogen-bond acceptors (Lipinski definition) is 2. The summed E-state index contributed by atoms with van der Waals surface area (Å²) in [5.74, 6) is -1.47. The van der Waals surface area contributed by atoms with Gasteiger partial charge in [-0.05, 0) is 11.6 Å². The molecule has 0 heterocycles. The van der Waals surface area contributed by atoms with Crippen molar-refractivity contribution in [3.8, 4) is 0 Å². The van der Waals surface area contributed by atoms with E-state index in [2.05, 4.69) is 0 Å². The van der Waals surface area contributed by atoms with Crippen molar-refractivity contribution < 1.29 is 18.6 Å². The molecule has 2 atom stereocenters. The van der Waals surface area contributed by atoms with Gasteiger partial charge in [0.1, 0.15) is 23.8 Å². The van der Waals surface area contributed by atoms with Gasteiger partial charge in [-0.15, -0.1) is 0 Å². The van der Waals surface area contributed by atoms with Gasteiger partial charge < -0.3 is 9.84 Å². The molecule has 2 aromatic carbocycles. The SMILES string of the molecule is COC(c1ccccc1)C(O)c1ccc(F)cc1F. The van der Waals surface area contributed by atoms with Crippen LogP contribution in [0.5, 0.6) is 0 Å². The van der Waals surface area contributed by atoms with Gasteiger partial charge in [-0.3, -0.25) is 0 Å². The van der Waals surface area contributed by atoms with Crippen molar-refractivity contribution in [2.75, 3.05) is 7.11 Å². The minimum atomic E-state index is -1.20. The summed E-state index contributed by atoms with van der Waals surface area (Å²) in [7, 11) is 1.43. The van der Waals surface area contributed by atoms with Crippen LogP contribution in [0.2, 0.25) is 0 Å². The highest BCUT2D eigenvalue weighted by atomic mass is 19.1. The Kier molecular flexibility index (Phi) is 4.24. The summed E-state index contributed by atoms with van der Waals surface area (Å²) in [6.07, 6.45) is -1.91. The highest BCUT2D eigenvalue weighted by molar-refractivity contribution is 5.26. The third kappa shape index (κ3) is 2.97. The van der Waals surface area contributed by atoms with E-state index >= 15 is 0 Å². The van der Waals surface area contributed by atoms with Crippen molar-refractivity contribution in [3.05, 3.63) is 71.3 Å². The second-order valence-electron chi connectivity index (χ2n) is 4.18. The minimum absolute atomic E-state index is 0.0112. The molecule has 0 aliphatic heterocycles. The van der Waals surface area contributed by atoms with Crippen LogP contribution >= 0.6 is 0 Å². The van der Waals surface area contributed by atoms with Crippen molar-refractivity contribution >= 4 is 0 Å². The second kappa shape index (κ2) is 5.91. The highest BCUT2D eigenvalue weighted by Crippen LogP contribution is 2.32. The fraction of sp³-hybridized carbons (Fsp3) is 0.200. The van der Waals surface area contributed by atoms with Gasteiger partial charge in [-0.2, -0.15) is 0 Å². The highest BCUT2D eigenvalue weighted by Gasteiger charge is 2.25. The molecule has 19 heavy (non-hydrogen) atoms. The fourth-order valence-electron chi connectivity index (χ4n) is 1.99. The first-order chi connectivity index (χ1) is 9.13. The summed E-state index contributed by atoms with van der Waals surface area (Å²) in [4.78, 5) is 0. The Labute approximate surface area is 110 Å². The van der Waals surface area contributed by atoms with E-state index in [1.807, 2.05) is 6.07 Å². The maximum atomic E-state index is 13.7. The first kappa shape index (κ1) is 13.6. The molecule has 0 aliphatic rings. The molecule has 2 nitrogen and oxygen atoms in total. The zero-order valence-electron chi connectivity index (χ0n) is 10.4. The number of hydrogen-bond donors (Lipinski definition) is 1. The first-order valence-electron chi connectivity index (χ1n) is 5.84. The maximum absolute atomic E-state index is 13.7. The topological polar surface area (TPSA) is 29.5 Å². The Balaban J connectivity index is 2.33. The Morgan fingerprint density at radius 3 is 2.32 bits per heavy atom. The number of rotatable bonds is 4. The number of aliphatic hydroxyl groups is 1. The molecule has 100 valence electrons. The van der Waals surface area contributed by atoms with Crippen molar-refractivity contribution in [2.45, 2.75) is 12.2 Å². The molecule has 1 N–H and O–H groups in total. The predicted octanol–water partition coefficient (Wildman–Crippen LogP) is 3.39. The Morgan fingerprint density at radius 2 is 1.74 bits per heavy atom. The first-order valence-corrected chi connectivity index (χ1v) is 5.84. The van der Waals surface area contributed by atoms with E-state index in [9.17, 15) is 13.9 Å². The zero-order chi connectivity index (χ0) is 13.8. The van der Waals surface area contributed by atoms with E-state index in [0.717, 1.165) is 17.7 Å². The van der Waals surface area contributed by atoms with E-state index in [0.29, 0.717) is 0 Å². The molecule has 0 saturated carbocycles. The lowest BCUT2D eigenvalue weighted by atomic mass is 9.98. The fourth-order valence-corrected chi connectivity index (χ4v) is 1.99. The van der Waals surface area contributed by atoms with Crippen molar-refractivity contribution in [3.63, 3.8) is 0 Å². The molecule has 0 saturated heterocycles. The normalized spacial score (nSPS) is 14.1. The summed E-state index contributed by atoms with van der Waals surface area (Å²) in [6, 6.07) is 12.1. The Bertz CT molecular complexity index is 543. The molecule has 2 unspecified atom stereocenters. The molecule has 2 rings (SSSR count). The molecular formula is C15H14F2O2. The summed E-state index contributed by atoms with van der Waals surface area (Å²) in [5.41, 5.74) is 0.735. The van der Waals surface area contributed by atoms with Crippen LogP contribution in [0.1, 0.15) is 23.3 Å². The smallest absolute Gasteiger partial charge is 0.132 e. The summed E-state index contributed by atoms with van der Waals surface area (Å²) >= 11 is 0. The zero-order valence-corrected chi connectivity index (χ0v) is 10.4. The van der Waals surface area contributed by atoms with Crippen molar-refractivity contribution in [1.82, 2.24) is 0 Å². The van der Waals surface area contributed by atoms with Crippen molar-refractivity contribution in [1.29, 1.82) is 0 Å². The second-order valence-corrected chi connectivity index (χ2v) is 4.18.